The summed E-state index contributed by atoms with van der Waals surface area (Å²) in [6.45, 7) is 1.52. The van der Waals surface area contributed by atoms with Crippen molar-refractivity contribution in [3.8, 4) is 11.5 Å². The van der Waals surface area contributed by atoms with Gasteiger partial charge in [-0.2, -0.15) is 0 Å². The largest absolute Gasteiger partial charge is 0.493 e. The Balaban J connectivity index is 1.86. The Morgan fingerprint density at radius 2 is 1.86 bits per heavy atom. The Hall–Kier alpha value is -3.14. The van der Waals surface area contributed by atoms with E-state index in [1.807, 2.05) is 0 Å². The van der Waals surface area contributed by atoms with Crippen molar-refractivity contribution in [3.63, 3.8) is 0 Å². The average molecular weight is 408 g/mol. The number of carbonyl (C=O) groups excluding carboxylic acids is 3. The van der Waals surface area contributed by atoms with E-state index in [1.165, 1.54) is 26.4 Å². The van der Waals surface area contributed by atoms with Gasteiger partial charge in [-0.15, -0.1) is 11.3 Å². The molecule has 1 amide bonds. The number of benzene rings is 1. The fourth-order valence-electron chi connectivity index (χ4n) is 2.14. The molecule has 1 heterocycles. The van der Waals surface area contributed by atoms with Crippen molar-refractivity contribution in [2.24, 2.45) is 0 Å². The van der Waals surface area contributed by atoms with E-state index in [9.17, 15) is 14.4 Å². The molecule has 1 aromatic carbocycles. The number of hydrogen-bond donors (Lipinski definition) is 1. The first kappa shape index (κ1) is 21.2. The molecule has 0 bridgehead atoms. The van der Waals surface area contributed by atoms with Crippen LogP contribution in [0.15, 0.2) is 23.6 Å². The van der Waals surface area contributed by atoms with Crippen LogP contribution in [0.2, 0.25) is 0 Å². The molecule has 10 heteroatoms. The maximum absolute atomic E-state index is 12.1. The van der Waals surface area contributed by atoms with Gasteiger partial charge in [0.05, 0.1) is 38.5 Å². The molecule has 2 aromatic rings. The van der Waals surface area contributed by atoms with E-state index < -0.39 is 24.5 Å². The minimum atomic E-state index is -0.682. The number of anilines is 1. The van der Waals surface area contributed by atoms with Crippen molar-refractivity contribution in [2.75, 3.05) is 32.8 Å². The third kappa shape index (κ3) is 5.95. The average Bonchev–Trinajstić information content (AvgIpc) is 3.12. The van der Waals surface area contributed by atoms with Gasteiger partial charge in [0, 0.05) is 5.38 Å². The van der Waals surface area contributed by atoms with Crippen LogP contribution in [0, 0.1) is 0 Å². The van der Waals surface area contributed by atoms with Crippen LogP contribution in [-0.4, -0.2) is 50.3 Å². The SMILES string of the molecule is CCOC(=O)Cc1csc(NC(=O)COC(=O)c2ccc(OC)c(OC)c2)n1. The van der Waals surface area contributed by atoms with Crippen LogP contribution in [0.1, 0.15) is 23.0 Å². The highest BCUT2D eigenvalue weighted by Crippen LogP contribution is 2.27. The first-order chi connectivity index (χ1) is 13.5. The number of aromatic nitrogens is 1. The van der Waals surface area contributed by atoms with Crippen molar-refractivity contribution in [1.82, 2.24) is 4.98 Å². The number of methoxy groups -OCH3 is 2. The van der Waals surface area contributed by atoms with Crippen LogP contribution < -0.4 is 14.8 Å². The summed E-state index contributed by atoms with van der Waals surface area (Å²) in [5, 5.41) is 4.45. The van der Waals surface area contributed by atoms with E-state index in [-0.39, 0.29) is 18.6 Å². The normalized spacial score (nSPS) is 10.1. The molecule has 0 aliphatic heterocycles. The van der Waals surface area contributed by atoms with Gasteiger partial charge in [-0.05, 0) is 25.1 Å². The summed E-state index contributed by atoms with van der Waals surface area (Å²) in [6.07, 6.45) is 0.0223. The number of carbonyl (C=O) groups is 3. The minimum Gasteiger partial charge on any atom is -0.493 e. The van der Waals surface area contributed by atoms with E-state index in [4.69, 9.17) is 18.9 Å². The molecule has 1 N–H and O–H groups in total. The number of amides is 1. The zero-order valence-electron chi connectivity index (χ0n) is 15.6. The molecule has 0 aliphatic carbocycles. The fraction of sp³-hybridized carbons (Fsp3) is 0.333. The number of thiazole rings is 1. The first-order valence-corrected chi connectivity index (χ1v) is 9.13. The third-order valence-electron chi connectivity index (χ3n) is 3.38. The van der Waals surface area contributed by atoms with Crippen LogP contribution in [0.3, 0.4) is 0 Å². The molecule has 0 saturated carbocycles. The minimum absolute atomic E-state index is 0.0223. The molecule has 0 unspecified atom stereocenters. The van der Waals surface area contributed by atoms with Gasteiger partial charge in [0.2, 0.25) is 0 Å². The third-order valence-corrected chi connectivity index (χ3v) is 4.19. The van der Waals surface area contributed by atoms with Crippen LogP contribution in [0.4, 0.5) is 5.13 Å². The highest BCUT2D eigenvalue weighted by Gasteiger charge is 2.15. The smallest absolute Gasteiger partial charge is 0.338 e. The summed E-state index contributed by atoms with van der Waals surface area (Å²) >= 11 is 1.16. The first-order valence-electron chi connectivity index (χ1n) is 8.25. The lowest BCUT2D eigenvalue weighted by Crippen LogP contribution is -2.21. The zero-order valence-corrected chi connectivity index (χ0v) is 16.5. The zero-order chi connectivity index (χ0) is 20.5. The molecule has 150 valence electrons. The molecule has 0 fully saturated rings. The highest BCUT2D eigenvalue weighted by atomic mass is 32.1. The number of esters is 2. The fourth-order valence-corrected chi connectivity index (χ4v) is 2.86. The van der Waals surface area contributed by atoms with Gasteiger partial charge >= 0.3 is 11.9 Å². The van der Waals surface area contributed by atoms with Crippen LogP contribution in [0.25, 0.3) is 0 Å². The Morgan fingerprint density at radius 3 is 2.54 bits per heavy atom. The molecule has 0 saturated heterocycles. The van der Waals surface area contributed by atoms with Gasteiger partial charge in [-0.1, -0.05) is 0 Å². The van der Waals surface area contributed by atoms with Gasteiger partial charge in [-0.3, -0.25) is 14.9 Å². The van der Waals surface area contributed by atoms with Crippen molar-refractivity contribution in [2.45, 2.75) is 13.3 Å². The van der Waals surface area contributed by atoms with E-state index in [1.54, 1.807) is 18.4 Å². The second-order valence-corrected chi connectivity index (χ2v) is 6.18. The summed E-state index contributed by atoms with van der Waals surface area (Å²) in [6, 6.07) is 4.53. The monoisotopic (exact) mass is 408 g/mol. The lowest BCUT2D eigenvalue weighted by molar-refractivity contribution is -0.142. The van der Waals surface area contributed by atoms with Crippen LogP contribution in [-0.2, 0) is 25.5 Å². The number of nitrogens with zero attached hydrogens (tertiary/aromatic N) is 1. The predicted molar refractivity (Wildman–Crippen MR) is 101 cm³/mol. The molecule has 28 heavy (non-hydrogen) atoms. The quantitative estimate of drug-likeness (QED) is 0.628. The Kier molecular flexibility index (Phi) is 7.76. The number of hydrogen-bond acceptors (Lipinski definition) is 9. The Morgan fingerprint density at radius 1 is 1.11 bits per heavy atom. The second kappa shape index (κ2) is 10.3. The maximum atomic E-state index is 12.1. The predicted octanol–water partition coefficient (Wildman–Crippen LogP) is 2.06. The van der Waals surface area contributed by atoms with Crippen molar-refractivity contribution < 1.29 is 33.3 Å². The van der Waals surface area contributed by atoms with Crippen molar-refractivity contribution >= 4 is 34.3 Å². The van der Waals surface area contributed by atoms with Crippen LogP contribution >= 0.6 is 11.3 Å². The molecular formula is C18H20N2O7S. The highest BCUT2D eigenvalue weighted by molar-refractivity contribution is 7.13. The van der Waals surface area contributed by atoms with Gasteiger partial charge in [0.15, 0.2) is 23.2 Å². The van der Waals surface area contributed by atoms with Gasteiger partial charge in [-0.25, -0.2) is 9.78 Å². The summed E-state index contributed by atoms with van der Waals surface area (Å²) in [4.78, 5) is 39.6. The number of ether oxygens (including phenoxy) is 4. The molecular weight excluding hydrogens is 388 g/mol. The molecule has 2 rings (SSSR count). The lowest BCUT2D eigenvalue weighted by atomic mass is 10.2. The van der Waals surface area contributed by atoms with Gasteiger partial charge < -0.3 is 18.9 Å². The molecule has 1 aromatic heterocycles. The maximum Gasteiger partial charge on any atom is 0.338 e. The van der Waals surface area contributed by atoms with E-state index in [2.05, 4.69) is 10.3 Å². The number of rotatable bonds is 9. The molecule has 0 aliphatic rings. The number of nitrogens with one attached hydrogen (secondary N) is 1. The molecule has 0 spiro atoms. The summed E-state index contributed by atoms with van der Waals surface area (Å²) in [7, 11) is 2.93. The molecule has 0 atom stereocenters. The van der Waals surface area contributed by atoms with Crippen LogP contribution in [0.5, 0.6) is 11.5 Å². The topological polar surface area (TPSA) is 113 Å². The van der Waals surface area contributed by atoms with Gasteiger partial charge in [0.1, 0.15) is 0 Å². The van der Waals surface area contributed by atoms with E-state index in [0.717, 1.165) is 11.3 Å². The lowest BCUT2D eigenvalue weighted by Gasteiger charge is -2.09. The Bertz CT molecular complexity index is 850. The molecule has 9 nitrogen and oxygen atoms in total. The van der Waals surface area contributed by atoms with Crippen molar-refractivity contribution in [1.29, 1.82) is 0 Å². The Labute approximate surface area is 165 Å². The summed E-state index contributed by atoms with van der Waals surface area (Å²) < 4.78 is 20.1. The molecule has 0 radical (unpaired) electrons. The van der Waals surface area contributed by atoms with E-state index >= 15 is 0 Å². The standard InChI is InChI=1S/C18H20N2O7S/c1-4-26-16(22)8-12-10-28-18(19-12)20-15(21)9-27-17(23)11-5-6-13(24-2)14(7-11)25-3/h5-7,10H,4,8-9H2,1-3H3,(H,19,20,21). The summed E-state index contributed by atoms with van der Waals surface area (Å²) in [5.41, 5.74) is 0.706. The van der Waals surface area contributed by atoms with Gasteiger partial charge in [0.25, 0.3) is 5.91 Å². The summed E-state index contributed by atoms with van der Waals surface area (Å²) in [5.74, 6) is -0.781. The van der Waals surface area contributed by atoms with E-state index in [0.29, 0.717) is 22.3 Å². The second-order valence-electron chi connectivity index (χ2n) is 5.32. The van der Waals surface area contributed by atoms with Crippen molar-refractivity contribution in [3.05, 3.63) is 34.8 Å².